The first-order valence-corrected chi connectivity index (χ1v) is 6.94. The van der Waals surface area contributed by atoms with Gasteiger partial charge in [0.2, 0.25) is 0 Å². The van der Waals surface area contributed by atoms with Crippen LogP contribution in [0.4, 0.5) is 0 Å². The van der Waals surface area contributed by atoms with Crippen LogP contribution in [0.1, 0.15) is 26.3 Å². The van der Waals surface area contributed by atoms with Crippen molar-refractivity contribution in [1.29, 1.82) is 0 Å². The lowest BCUT2D eigenvalue weighted by molar-refractivity contribution is -0.148. The summed E-state index contributed by atoms with van der Waals surface area (Å²) >= 11 is 0. The van der Waals surface area contributed by atoms with Crippen molar-refractivity contribution in [2.75, 3.05) is 6.54 Å². The number of nitrogens with zero attached hydrogens (tertiary/aromatic N) is 2. The Balaban J connectivity index is 2.26. The molecule has 0 saturated heterocycles. The van der Waals surface area contributed by atoms with Crippen LogP contribution >= 0.6 is 0 Å². The standard InChI is InChI=1S/C15H21N3O2/c1-4-16-8-12-9-18(10-14(19)20-11(2)3)15-13(12)6-5-7-17-15/h5-7,9,11,16H,4,8,10H2,1-3H3. The number of nitrogens with one attached hydrogen (secondary N) is 1. The van der Waals surface area contributed by atoms with E-state index in [4.69, 9.17) is 4.74 Å². The molecule has 108 valence electrons. The Kier molecular flexibility index (Phi) is 4.74. The van der Waals surface area contributed by atoms with E-state index in [1.165, 1.54) is 0 Å². The van der Waals surface area contributed by atoms with Crippen LogP contribution < -0.4 is 5.32 Å². The summed E-state index contributed by atoms with van der Waals surface area (Å²) in [6.07, 6.45) is 3.62. The highest BCUT2D eigenvalue weighted by Gasteiger charge is 2.13. The maximum absolute atomic E-state index is 11.8. The van der Waals surface area contributed by atoms with E-state index in [1.807, 2.05) is 36.7 Å². The molecule has 0 aromatic carbocycles. The van der Waals surface area contributed by atoms with Crippen LogP contribution in [0.5, 0.6) is 0 Å². The number of rotatable bonds is 6. The molecule has 2 rings (SSSR count). The smallest absolute Gasteiger partial charge is 0.326 e. The van der Waals surface area contributed by atoms with Gasteiger partial charge >= 0.3 is 5.97 Å². The molecule has 20 heavy (non-hydrogen) atoms. The zero-order valence-corrected chi connectivity index (χ0v) is 12.2. The van der Waals surface area contributed by atoms with Gasteiger partial charge in [-0.05, 0) is 38.1 Å². The summed E-state index contributed by atoms with van der Waals surface area (Å²) in [4.78, 5) is 16.2. The third kappa shape index (κ3) is 3.36. The second-order valence-electron chi connectivity index (χ2n) is 4.98. The first-order valence-electron chi connectivity index (χ1n) is 6.94. The molecule has 0 unspecified atom stereocenters. The van der Waals surface area contributed by atoms with E-state index in [-0.39, 0.29) is 18.6 Å². The van der Waals surface area contributed by atoms with Crippen molar-refractivity contribution in [3.63, 3.8) is 0 Å². The molecule has 0 spiro atoms. The summed E-state index contributed by atoms with van der Waals surface area (Å²) < 4.78 is 7.04. The Morgan fingerprint density at radius 1 is 1.50 bits per heavy atom. The summed E-state index contributed by atoms with van der Waals surface area (Å²) in [5.74, 6) is -0.238. The lowest BCUT2D eigenvalue weighted by Gasteiger charge is -2.08. The van der Waals surface area contributed by atoms with Gasteiger partial charge in [-0.25, -0.2) is 4.98 Å². The number of pyridine rings is 1. The fraction of sp³-hybridized carbons (Fsp3) is 0.467. The number of aromatic nitrogens is 2. The maximum atomic E-state index is 11.8. The quantitative estimate of drug-likeness (QED) is 0.820. The molecule has 0 fully saturated rings. The predicted molar refractivity (Wildman–Crippen MR) is 78.3 cm³/mol. The van der Waals surface area contributed by atoms with Crippen molar-refractivity contribution in [2.45, 2.75) is 40.0 Å². The summed E-state index contributed by atoms with van der Waals surface area (Å²) in [5, 5.41) is 4.37. The van der Waals surface area contributed by atoms with Gasteiger partial charge in [0.1, 0.15) is 12.2 Å². The number of carbonyl (C=O) groups excluding carboxylic acids is 1. The van der Waals surface area contributed by atoms with Crippen LogP contribution in [0, 0.1) is 0 Å². The van der Waals surface area contributed by atoms with Gasteiger partial charge in [0.25, 0.3) is 0 Å². The molecule has 0 bridgehead atoms. The molecule has 5 heteroatoms. The van der Waals surface area contributed by atoms with Crippen molar-refractivity contribution in [2.24, 2.45) is 0 Å². The molecule has 2 aromatic rings. The molecule has 1 N–H and O–H groups in total. The summed E-state index contributed by atoms with van der Waals surface area (Å²) in [6.45, 7) is 7.63. The van der Waals surface area contributed by atoms with Gasteiger partial charge in [0, 0.05) is 24.3 Å². The van der Waals surface area contributed by atoms with E-state index in [1.54, 1.807) is 6.20 Å². The number of hydrogen-bond acceptors (Lipinski definition) is 4. The number of fused-ring (bicyclic) bond motifs is 1. The van der Waals surface area contributed by atoms with Crippen LogP contribution in [-0.2, 0) is 22.6 Å². The first kappa shape index (κ1) is 14.5. The summed E-state index contributed by atoms with van der Waals surface area (Å²) in [6, 6.07) is 3.94. The zero-order chi connectivity index (χ0) is 14.5. The summed E-state index contributed by atoms with van der Waals surface area (Å²) in [5.41, 5.74) is 1.97. The average molecular weight is 275 g/mol. The van der Waals surface area contributed by atoms with Gasteiger partial charge in [0.05, 0.1) is 6.10 Å². The molecule has 2 aromatic heterocycles. The topological polar surface area (TPSA) is 56.2 Å². The fourth-order valence-corrected chi connectivity index (χ4v) is 2.16. The SMILES string of the molecule is CCNCc1cn(CC(=O)OC(C)C)c2ncccc12. The normalized spacial score (nSPS) is 11.2. The Hall–Kier alpha value is -1.88. The first-order chi connectivity index (χ1) is 9.61. The third-order valence-corrected chi connectivity index (χ3v) is 2.95. The Morgan fingerprint density at radius 3 is 3.00 bits per heavy atom. The van der Waals surface area contributed by atoms with Crippen molar-refractivity contribution in [1.82, 2.24) is 14.9 Å². The molecule has 5 nitrogen and oxygen atoms in total. The number of hydrogen-bond donors (Lipinski definition) is 1. The van der Waals surface area contributed by atoms with Gasteiger partial charge in [-0.15, -0.1) is 0 Å². The minimum atomic E-state index is -0.238. The van der Waals surface area contributed by atoms with E-state index in [2.05, 4.69) is 17.2 Å². The molecule has 2 heterocycles. The second-order valence-corrected chi connectivity index (χ2v) is 4.98. The lowest BCUT2D eigenvalue weighted by Crippen LogP contribution is -2.17. The highest BCUT2D eigenvalue weighted by Crippen LogP contribution is 2.19. The second kappa shape index (κ2) is 6.52. The molecule has 0 aliphatic carbocycles. The Bertz CT molecular complexity index is 590. The van der Waals surface area contributed by atoms with Crippen LogP contribution in [-0.4, -0.2) is 28.2 Å². The van der Waals surface area contributed by atoms with Gasteiger partial charge in [-0.2, -0.15) is 0 Å². The van der Waals surface area contributed by atoms with E-state index >= 15 is 0 Å². The molecular formula is C15H21N3O2. The van der Waals surface area contributed by atoms with E-state index in [9.17, 15) is 4.79 Å². The van der Waals surface area contributed by atoms with Crippen LogP contribution in [0.2, 0.25) is 0 Å². The van der Waals surface area contributed by atoms with Gasteiger partial charge in [0.15, 0.2) is 0 Å². The van der Waals surface area contributed by atoms with Crippen molar-refractivity contribution < 1.29 is 9.53 Å². The van der Waals surface area contributed by atoms with Gasteiger partial charge in [-0.1, -0.05) is 6.92 Å². The molecule has 0 amide bonds. The highest BCUT2D eigenvalue weighted by atomic mass is 16.5. The largest absolute Gasteiger partial charge is 0.462 e. The van der Waals surface area contributed by atoms with Crippen LogP contribution in [0.25, 0.3) is 11.0 Å². The summed E-state index contributed by atoms with van der Waals surface area (Å²) in [7, 11) is 0. The van der Waals surface area contributed by atoms with Gasteiger partial charge < -0.3 is 14.6 Å². The monoisotopic (exact) mass is 275 g/mol. The number of carbonyl (C=O) groups is 1. The van der Waals surface area contributed by atoms with Gasteiger partial charge in [-0.3, -0.25) is 4.79 Å². The Labute approximate surface area is 118 Å². The Morgan fingerprint density at radius 2 is 2.30 bits per heavy atom. The van der Waals surface area contributed by atoms with Crippen molar-refractivity contribution in [3.8, 4) is 0 Å². The maximum Gasteiger partial charge on any atom is 0.326 e. The van der Waals surface area contributed by atoms with Crippen LogP contribution in [0.15, 0.2) is 24.5 Å². The van der Waals surface area contributed by atoms with E-state index < -0.39 is 0 Å². The average Bonchev–Trinajstić information content (AvgIpc) is 2.74. The highest BCUT2D eigenvalue weighted by molar-refractivity contribution is 5.82. The van der Waals surface area contributed by atoms with Crippen LogP contribution in [0.3, 0.4) is 0 Å². The fourth-order valence-electron chi connectivity index (χ4n) is 2.16. The van der Waals surface area contributed by atoms with Crippen molar-refractivity contribution >= 4 is 17.0 Å². The molecule has 0 saturated carbocycles. The minimum Gasteiger partial charge on any atom is -0.462 e. The molecule has 0 aliphatic heterocycles. The van der Waals surface area contributed by atoms with Crippen molar-refractivity contribution in [3.05, 3.63) is 30.1 Å². The van der Waals surface area contributed by atoms with E-state index in [0.717, 1.165) is 29.7 Å². The molecule has 0 atom stereocenters. The third-order valence-electron chi connectivity index (χ3n) is 2.95. The number of esters is 1. The molecular weight excluding hydrogens is 254 g/mol. The minimum absolute atomic E-state index is 0.0986. The lowest BCUT2D eigenvalue weighted by atomic mass is 10.2. The zero-order valence-electron chi connectivity index (χ0n) is 12.2. The molecule has 0 radical (unpaired) electrons. The van der Waals surface area contributed by atoms with E-state index in [0.29, 0.717) is 0 Å². The predicted octanol–water partition coefficient (Wildman–Crippen LogP) is 2.10. The molecule has 0 aliphatic rings. The number of ether oxygens (including phenoxy) is 1.